The molecule has 1 heterocycles. The summed E-state index contributed by atoms with van der Waals surface area (Å²) >= 11 is 0. The molecule has 0 spiro atoms. The normalized spacial score (nSPS) is 8.71. The minimum absolute atomic E-state index is 0. The van der Waals surface area contributed by atoms with Crippen molar-refractivity contribution in [3.8, 4) is 5.88 Å². The van der Waals surface area contributed by atoms with E-state index in [9.17, 15) is 0 Å². The first-order valence-electron chi connectivity index (χ1n) is 4.29. The fraction of sp³-hybridized carbons (Fsp3) is 0. The number of H-pyrrole nitrogens is 1. The molecule has 8 N–H and O–H groups in total. The van der Waals surface area contributed by atoms with E-state index in [0.29, 0.717) is 23.1 Å². The smallest absolute Gasteiger partial charge is 0.542 e. The van der Waals surface area contributed by atoms with Gasteiger partial charge in [-0.15, -0.1) is 5.10 Å². The molecule has 2 rings (SSSR count). The predicted molar refractivity (Wildman–Crippen MR) is 62.5 cm³/mol. The number of nitrogens with zero attached hydrogens (tertiary/aromatic N) is 2. The summed E-state index contributed by atoms with van der Waals surface area (Å²) < 4.78 is 0. The number of aromatic amines is 1. The van der Waals surface area contributed by atoms with Crippen LogP contribution in [0.1, 0.15) is 0 Å². The molecular formula is C9H13KN6O. The molecule has 0 aliphatic heterocycles. The molecule has 8 heteroatoms. The van der Waals surface area contributed by atoms with Gasteiger partial charge in [0.05, 0.1) is 0 Å². The Morgan fingerprint density at radius 1 is 1.24 bits per heavy atom. The number of aromatic nitrogens is 2. The zero-order valence-corrected chi connectivity index (χ0v) is 12.7. The van der Waals surface area contributed by atoms with Gasteiger partial charge in [-0.1, -0.05) is 23.9 Å². The van der Waals surface area contributed by atoms with Gasteiger partial charge in [-0.3, -0.25) is 5.10 Å². The number of rotatable bonds is 3. The van der Waals surface area contributed by atoms with Gasteiger partial charge in [0.1, 0.15) is 5.82 Å². The van der Waals surface area contributed by atoms with Crippen LogP contribution in [-0.2, 0) is 0 Å². The minimum Gasteiger partial charge on any atom is -0.542 e. The van der Waals surface area contributed by atoms with Gasteiger partial charge in [0, 0.05) is 11.8 Å². The van der Waals surface area contributed by atoms with Crippen LogP contribution in [-0.4, -0.2) is 10.2 Å². The molecule has 86 valence electrons. The van der Waals surface area contributed by atoms with Crippen LogP contribution in [0.4, 0.5) is 17.2 Å². The van der Waals surface area contributed by atoms with E-state index >= 15 is 0 Å². The van der Waals surface area contributed by atoms with Crippen molar-refractivity contribution >= 4 is 17.2 Å². The van der Waals surface area contributed by atoms with E-state index in [1.54, 1.807) is 12.1 Å². The van der Waals surface area contributed by atoms with Gasteiger partial charge in [-0.2, -0.15) is 0 Å². The van der Waals surface area contributed by atoms with Crippen molar-refractivity contribution < 1.29 is 56.2 Å². The Morgan fingerprint density at radius 3 is 2.53 bits per heavy atom. The van der Waals surface area contributed by atoms with Gasteiger partial charge < -0.3 is 27.9 Å². The van der Waals surface area contributed by atoms with Gasteiger partial charge in [0.2, 0.25) is 5.88 Å². The standard InChI is InChI=1S/C9H10N5O.K.H3N/c10-6-3-1-2-4-7(6)14-15-9-5-8(11)12-13-9;;/h1-5H,10H2,(H3,11,12,13);;1H3/q-1;+1;. The number of hydrogen-bond donors (Lipinski definition) is 4. The fourth-order valence-electron chi connectivity index (χ4n) is 1.03. The average Bonchev–Trinajstić information content (AvgIpc) is 2.63. The molecule has 0 bridgehead atoms. The van der Waals surface area contributed by atoms with Gasteiger partial charge in [-0.25, -0.2) is 0 Å². The largest absolute Gasteiger partial charge is 1.00 e. The molecule has 7 nitrogen and oxygen atoms in total. The van der Waals surface area contributed by atoms with Crippen molar-refractivity contribution in [1.29, 1.82) is 0 Å². The number of benzene rings is 1. The number of nitrogen functional groups attached to an aromatic ring is 2. The molecule has 0 radical (unpaired) electrons. The molecule has 0 saturated heterocycles. The van der Waals surface area contributed by atoms with E-state index in [2.05, 4.69) is 15.7 Å². The van der Waals surface area contributed by atoms with Crippen LogP contribution in [0.2, 0.25) is 0 Å². The summed E-state index contributed by atoms with van der Waals surface area (Å²) in [7, 11) is 0. The number of para-hydroxylation sites is 1. The van der Waals surface area contributed by atoms with E-state index in [-0.39, 0.29) is 57.5 Å². The number of nitrogens with one attached hydrogen (secondary N) is 1. The third-order valence-corrected chi connectivity index (χ3v) is 1.75. The molecule has 0 fully saturated rings. The molecule has 0 saturated carbocycles. The first-order valence-corrected chi connectivity index (χ1v) is 4.29. The van der Waals surface area contributed by atoms with Crippen LogP contribution in [0.25, 0.3) is 5.48 Å². The number of hydrogen-bond acceptors (Lipinski definition) is 5. The summed E-state index contributed by atoms with van der Waals surface area (Å²) in [6, 6.07) is 8.65. The Bertz CT molecular complexity index is 460. The average molecular weight is 260 g/mol. The van der Waals surface area contributed by atoms with E-state index < -0.39 is 0 Å². The van der Waals surface area contributed by atoms with Crippen molar-refractivity contribution in [2.75, 3.05) is 11.5 Å². The molecule has 1 aromatic carbocycles. The quantitative estimate of drug-likeness (QED) is 0.310. The van der Waals surface area contributed by atoms with E-state index in [4.69, 9.17) is 16.3 Å². The summed E-state index contributed by atoms with van der Waals surface area (Å²) in [6.07, 6.45) is 0. The summed E-state index contributed by atoms with van der Waals surface area (Å²) in [5, 5.41) is 6.28. The van der Waals surface area contributed by atoms with Crippen LogP contribution in [0, 0.1) is 0 Å². The molecular weight excluding hydrogens is 247 g/mol. The maximum atomic E-state index is 5.66. The SMILES string of the molecule is N.Nc1cc(O[N-]c2ccccc2N)n[nH]1.[K+]. The summed E-state index contributed by atoms with van der Waals surface area (Å²) in [5.41, 5.74) is 16.0. The fourth-order valence-corrected chi connectivity index (χ4v) is 1.03. The molecule has 2 aromatic rings. The molecule has 0 aliphatic carbocycles. The van der Waals surface area contributed by atoms with E-state index in [1.807, 2.05) is 12.1 Å². The van der Waals surface area contributed by atoms with Gasteiger partial charge in [0.15, 0.2) is 0 Å². The predicted octanol–water partition coefficient (Wildman–Crippen LogP) is -1.26. The second kappa shape index (κ2) is 7.53. The summed E-state index contributed by atoms with van der Waals surface area (Å²) in [6.45, 7) is 0. The second-order valence-corrected chi connectivity index (χ2v) is 2.90. The maximum absolute atomic E-state index is 5.66. The molecule has 0 aliphatic rings. The van der Waals surface area contributed by atoms with Crippen molar-refractivity contribution in [3.05, 3.63) is 35.8 Å². The topological polar surface area (TPSA) is 139 Å². The van der Waals surface area contributed by atoms with Crippen molar-refractivity contribution in [2.24, 2.45) is 0 Å². The van der Waals surface area contributed by atoms with Crippen LogP contribution in [0.15, 0.2) is 30.3 Å². The van der Waals surface area contributed by atoms with Crippen LogP contribution >= 0.6 is 0 Å². The zero-order chi connectivity index (χ0) is 10.7. The van der Waals surface area contributed by atoms with Crippen molar-refractivity contribution in [2.45, 2.75) is 0 Å². The zero-order valence-electron chi connectivity index (χ0n) is 9.55. The Morgan fingerprint density at radius 2 is 1.94 bits per heavy atom. The minimum atomic E-state index is 0. The van der Waals surface area contributed by atoms with Crippen molar-refractivity contribution in [1.82, 2.24) is 16.3 Å². The summed E-state index contributed by atoms with van der Waals surface area (Å²) in [5.74, 6) is 0.719. The third kappa shape index (κ3) is 4.54. The number of anilines is 2. The first kappa shape index (κ1) is 16.2. The Kier molecular flexibility index (Phi) is 7.19. The van der Waals surface area contributed by atoms with Gasteiger partial charge in [0.25, 0.3) is 0 Å². The Hall–Kier alpha value is -0.774. The van der Waals surface area contributed by atoms with Crippen molar-refractivity contribution in [3.63, 3.8) is 0 Å². The molecule has 0 amide bonds. The van der Waals surface area contributed by atoms with Gasteiger partial charge >= 0.3 is 51.4 Å². The summed E-state index contributed by atoms with van der Waals surface area (Å²) in [4.78, 5) is 5.02. The van der Waals surface area contributed by atoms with Gasteiger partial charge in [-0.05, 0) is 6.07 Å². The molecule has 0 unspecified atom stereocenters. The monoisotopic (exact) mass is 260 g/mol. The Balaban J connectivity index is 0.00000128. The first-order chi connectivity index (χ1) is 7.25. The molecule has 17 heavy (non-hydrogen) atoms. The Labute approximate surface area is 141 Å². The number of nitrogens with two attached hydrogens (primary N) is 2. The van der Waals surface area contributed by atoms with Crippen LogP contribution < -0.4 is 73.8 Å². The molecule has 1 aromatic heterocycles. The molecule has 0 atom stereocenters. The maximum Gasteiger partial charge on any atom is 1.00 e. The van der Waals surface area contributed by atoms with E-state index in [1.165, 1.54) is 6.07 Å². The van der Waals surface area contributed by atoms with Crippen LogP contribution in [0.3, 0.4) is 0 Å². The van der Waals surface area contributed by atoms with E-state index in [0.717, 1.165) is 0 Å². The van der Waals surface area contributed by atoms with Crippen LogP contribution in [0.5, 0.6) is 5.88 Å². The third-order valence-electron chi connectivity index (χ3n) is 1.75. The second-order valence-electron chi connectivity index (χ2n) is 2.90.